The Morgan fingerprint density at radius 3 is 2.31 bits per heavy atom. The van der Waals surface area contributed by atoms with Crippen molar-refractivity contribution in [1.29, 1.82) is 0 Å². The van der Waals surface area contributed by atoms with Crippen molar-refractivity contribution in [2.45, 2.75) is 58.2 Å². The van der Waals surface area contributed by atoms with Gasteiger partial charge in [-0.1, -0.05) is 0 Å². The van der Waals surface area contributed by atoms with Gasteiger partial charge in [0.2, 0.25) is 0 Å². The molecule has 0 amide bonds. The van der Waals surface area contributed by atoms with E-state index < -0.39 is 0 Å². The molecule has 1 rings (SSSR count). The Morgan fingerprint density at radius 2 is 2.00 bits per heavy atom. The average molecular weight is 186 g/mol. The molecular weight excluding hydrogens is 164 g/mol. The first-order valence-electron chi connectivity index (χ1n) is 5.15. The van der Waals surface area contributed by atoms with Crippen LogP contribution < -0.4 is 0 Å². The van der Waals surface area contributed by atoms with Crippen molar-refractivity contribution in [2.75, 3.05) is 7.11 Å². The van der Waals surface area contributed by atoms with Crippen LogP contribution in [0.5, 0.6) is 0 Å². The average Bonchev–Trinajstić information content (AvgIpc) is 2.82. The summed E-state index contributed by atoms with van der Waals surface area (Å²) in [5.41, 5.74) is 0.195. The number of ether oxygens (including phenoxy) is 1. The molecule has 0 aliphatic heterocycles. The van der Waals surface area contributed by atoms with Gasteiger partial charge in [0.1, 0.15) is 0 Å². The van der Waals surface area contributed by atoms with Gasteiger partial charge >= 0.3 is 0 Å². The second-order valence-corrected chi connectivity index (χ2v) is 5.00. The molecule has 1 aliphatic carbocycles. The molecule has 0 aromatic carbocycles. The molecule has 0 aromatic rings. The van der Waals surface area contributed by atoms with Crippen LogP contribution in [0.4, 0.5) is 0 Å². The largest absolute Gasteiger partial charge is 0.393 e. The maximum atomic E-state index is 9.57. The van der Waals surface area contributed by atoms with E-state index in [0.717, 1.165) is 12.8 Å². The van der Waals surface area contributed by atoms with Gasteiger partial charge in [-0.25, -0.2) is 0 Å². The zero-order valence-electron chi connectivity index (χ0n) is 9.26. The number of hydrogen-bond donors (Lipinski definition) is 1. The summed E-state index contributed by atoms with van der Waals surface area (Å²) in [5.74, 6) is 0. The lowest BCUT2D eigenvalue weighted by Gasteiger charge is -2.27. The van der Waals surface area contributed by atoms with Crippen LogP contribution in [0.1, 0.15) is 46.5 Å². The Hall–Kier alpha value is -0.0800. The van der Waals surface area contributed by atoms with Gasteiger partial charge < -0.3 is 9.84 Å². The maximum Gasteiger partial charge on any atom is 0.0623 e. The SMILES string of the molecule is COC(C)(C)CCC1(C(C)O)CC1. The molecule has 0 radical (unpaired) electrons. The summed E-state index contributed by atoms with van der Waals surface area (Å²) in [6.07, 6.45) is 4.34. The molecule has 0 saturated heterocycles. The molecule has 2 heteroatoms. The predicted octanol–water partition coefficient (Wildman–Crippen LogP) is 2.35. The highest BCUT2D eigenvalue weighted by Crippen LogP contribution is 2.53. The van der Waals surface area contributed by atoms with Crippen molar-refractivity contribution in [1.82, 2.24) is 0 Å². The van der Waals surface area contributed by atoms with E-state index in [2.05, 4.69) is 13.8 Å². The van der Waals surface area contributed by atoms with Crippen molar-refractivity contribution in [3.05, 3.63) is 0 Å². The van der Waals surface area contributed by atoms with Crippen LogP contribution in [0.25, 0.3) is 0 Å². The van der Waals surface area contributed by atoms with E-state index in [1.807, 2.05) is 6.92 Å². The Bertz CT molecular complexity index is 169. The highest BCUT2D eigenvalue weighted by Gasteiger charge is 2.46. The summed E-state index contributed by atoms with van der Waals surface area (Å²) in [6, 6.07) is 0. The molecule has 0 heterocycles. The number of aliphatic hydroxyl groups excluding tert-OH is 1. The summed E-state index contributed by atoms with van der Waals surface area (Å²) in [4.78, 5) is 0. The van der Waals surface area contributed by atoms with Crippen molar-refractivity contribution >= 4 is 0 Å². The predicted molar refractivity (Wildman–Crippen MR) is 53.7 cm³/mol. The third kappa shape index (κ3) is 2.68. The van der Waals surface area contributed by atoms with Crippen LogP contribution in [0.2, 0.25) is 0 Å². The minimum absolute atomic E-state index is 0.0372. The first-order chi connectivity index (χ1) is 5.92. The minimum atomic E-state index is -0.153. The van der Waals surface area contributed by atoms with Gasteiger partial charge in [-0.15, -0.1) is 0 Å². The normalized spacial score (nSPS) is 22.8. The summed E-state index contributed by atoms with van der Waals surface area (Å²) in [7, 11) is 1.75. The number of hydrogen-bond acceptors (Lipinski definition) is 2. The lowest BCUT2D eigenvalue weighted by atomic mass is 9.89. The molecule has 1 unspecified atom stereocenters. The summed E-state index contributed by atoms with van der Waals surface area (Å²) < 4.78 is 5.36. The van der Waals surface area contributed by atoms with Crippen LogP contribution in [0.3, 0.4) is 0 Å². The molecule has 1 saturated carbocycles. The van der Waals surface area contributed by atoms with Crippen molar-refractivity contribution < 1.29 is 9.84 Å². The van der Waals surface area contributed by atoms with Crippen LogP contribution in [-0.2, 0) is 4.74 Å². The second kappa shape index (κ2) is 3.58. The number of rotatable bonds is 5. The molecular formula is C11H22O2. The van der Waals surface area contributed by atoms with Crippen molar-refractivity contribution in [3.8, 4) is 0 Å². The van der Waals surface area contributed by atoms with E-state index in [0.29, 0.717) is 0 Å². The topological polar surface area (TPSA) is 29.5 Å². The van der Waals surface area contributed by atoms with Crippen LogP contribution in [-0.4, -0.2) is 23.9 Å². The standard InChI is InChI=1S/C11H22O2/c1-9(12)11(7-8-11)6-5-10(2,3)13-4/h9,12H,5-8H2,1-4H3. The molecule has 1 N–H and O–H groups in total. The Balaban J connectivity index is 2.34. The van der Waals surface area contributed by atoms with Crippen LogP contribution in [0, 0.1) is 5.41 Å². The Morgan fingerprint density at radius 1 is 1.46 bits per heavy atom. The Kier molecular flexibility index (Phi) is 3.03. The monoisotopic (exact) mass is 186 g/mol. The van der Waals surface area contributed by atoms with Crippen LogP contribution in [0.15, 0.2) is 0 Å². The molecule has 0 aromatic heterocycles. The van der Waals surface area contributed by atoms with E-state index in [4.69, 9.17) is 4.74 Å². The minimum Gasteiger partial charge on any atom is -0.393 e. The van der Waals surface area contributed by atoms with Crippen LogP contribution >= 0.6 is 0 Å². The quantitative estimate of drug-likeness (QED) is 0.714. The fourth-order valence-corrected chi connectivity index (χ4v) is 1.69. The highest BCUT2D eigenvalue weighted by molar-refractivity contribution is 4.97. The maximum absolute atomic E-state index is 9.57. The zero-order valence-corrected chi connectivity index (χ0v) is 9.26. The molecule has 1 fully saturated rings. The molecule has 2 nitrogen and oxygen atoms in total. The third-order valence-corrected chi connectivity index (χ3v) is 3.56. The fourth-order valence-electron chi connectivity index (χ4n) is 1.69. The molecule has 13 heavy (non-hydrogen) atoms. The van der Waals surface area contributed by atoms with E-state index in [9.17, 15) is 5.11 Å². The molecule has 0 spiro atoms. The van der Waals surface area contributed by atoms with Gasteiger partial charge in [-0.3, -0.25) is 0 Å². The summed E-state index contributed by atoms with van der Waals surface area (Å²) >= 11 is 0. The van der Waals surface area contributed by atoms with Gasteiger partial charge in [0.15, 0.2) is 0 Å². The first kappa shape index (κ1) is 11.0. The number of methoxy groups -OCH3 is 1. The lowest BCUT2D eigenvalue weighted by molar-refractivity contribution is 0.000716. The Labute approximate surface area is 81.3 Å². The third-order valence-electron chi connectivity index (χ3n) is 3.56. The molecule has 0 bridgehead atoms. The van der Waals surface area contributed by atoms with E-state index in [1.54, 1.807) is 7.11 Å². The smallest absolute Gasteiger partial charge is 0.0623 e. The van der Waals surface area contributed by atoms with Gasteiger partial charge in [-0.2, -0.15) is 0 Å². The van der Waals surface area contributed by atoms with Gasteiger partial charge in [0, 0.05) is 7.11 Å². The van der Waals surface area contributed by atoms with Crippen molar-refractivity contribution in [3.63, 3.8) is 0 Å². The van der Waals surface area contributed by atoms with Gasteiger partial charge in [0.25, 0.3) is 0 Å². The van der Waals surface area contributed by atoms with Gasteiger partial charge in [0.05, 0.1) is 11.7 Å². The lowest BCUT2D eigenvalue weighted by Crippen LogP contribution is -2.26. The van der Waals surface area contributed by atoms with Crippen molar-refractivity contribution in [2.24, 2.45) is 5.41 Å². The molecule has 1 aliphatic rings. The fraction of sp³-hybridized carbons (Fsp3) is 1.00. The van der Waals surface area contributed by atoms with E-state index in [-0.39, 0.29) is 17.1 Å². The summed E-state index contributed by atoms with van der Waals surface area (Å²) in [6.45, 7) is 6.11. The second-order valence-electron chi connectivity index (χ2n) is 5.00. The summed E-state index contributed by atoms with van der Waals surface area (Å²) in [5, 5.41) is 9.57. The highest BCUT2D eigenvalue weighted by atomic mass is 16.5. The van der Waals surface area contributed by atoms with E-state index in [1.165, 1.54) is 12.8 Å². The van der Waals surface area contributed by atoms with Gasteiger partial charge in [-0.05, 0) is 51.9 Å². The first-order valence-corrected chi connectivity index (χ1v) is 5.15. The number of aliphatic hydroxyl groups is 1. The molecule has 1 atom stereocenters. The van der Waals surface area contributed by atoms with E-state index >= 15 is 0 Å². The zero-order chi connectivity index (χ0) is 10.1. The molecule has 78 valence electrons.